The first-order chi connectivity index (χ1) is 15.8. The molecule has 0 unspecified atom stereocenters. The lowest BCUT2D eigenvalue weighted by Crippen LogP contribution is -2.47. The number of aliphatic hydroxyl groups is 1. The monoisotopic (exact) mass is 460 g/mol. The van der Waals surface area contributed by atoms with Crippen LogP contribution in [0.15, 0.2) is 30.3 Å². The minimum absolute atomic E-state index is 0.100. The quantitative estimate of drug-likeness (QED) is 0.658. The lowest BCUT2D eigenvalue weighted by Gasteiger charge is -2.31. The molecule has 0 bridgehead atoms. The Morgan fingerprint density at radius 1 is 1.09 bits per heavy atom. The zero-order valence-corrected chi connectivity index (χ0v) is 20.3. The van der Waals surface area contributed by atoms with Gasteiger partial charge in [0, 0.05) is 25.8 Å². The Labute approximate surface area is 197 Å². The van der Waals surface area contributed by atoms with E-state index in [9.17, 15) is 19.5 Å². The number of aliphatic hydroxyl groups excluding tert-OH is 1. The number of rotatable bonds is 5. The molecule has 7 nitrogen and oxygen atoms in total. The lowest BCUT2D eigenvalue weighted by molar-refractivity contribution is -0.160. The molecule has 0 radical (unpaired) electrons. The van der Waals surface area contributed by atoms with Gasteiger partial charge in [-0.1, -0.05) is 57.0 Å². The number of benzene rings is 1. The average molecular weight is 461 g/mol. The highest BCUT2D eigenvalue weighted by atomic mass is 16.5. The van der Waals surface area contributed by atoms with Crippen LogP contribution >= 0.6 is 0 Å². The fraction of sp³-hybridized carbons (Fsp3) is 0.654. The molecule has 2 rings (SSSR count). The maximum atomic E-state index is 13.3. The van der Waals surface area contributed by atoms with Crippen molar-refractivity contribution in [2.75, 3.05) is 13.7 Å². The van der Waals surface area contributed by atoms with E-state index in [0.717, 1.165) is 12.0 Å². The van der Waals surface area contributed by atoms with E-state index in [2.05, 4.69) is 5.32 Å². The van der Waals surface area contributed by atoms with E-state index in [1.54, 1.807) is 11.9 Å². The van der Waals surface area contributed by atoms with Crippen molar-refractivity contribution in [1.82, 2.24) is 10.2 Å². The number of cyclic esters (lactones) is 1. The van der Waals surface area contributed by atoms with Crippen molar-refractivity contribution in [3.05, 3.63) is 35.9 Å². The van der Waals surface area contributed by atoms with Crippen molar-refractivity contribution in [3.8, 4) is 0 Å². The van der Waals surface area contributed by atoms with Crippen LogP contribution in [0.2, 0.25) is 0 Å². The van der Waals surface area contributed by atoms with E-state index in [1.165, 1.54) is 0 Å². The van der Waals surface area contributed by atoms with Crippen LogP contribution in [0, 0.1) is 5.92 Å². The van der Waals surface area contributed by atoms with Crippen molar-refractivity contribution >= 4 is 17.8 Å². The molecular weight excluding hydrogens is 420 g/mol. The second-order valence-electron chi connectivity index (χ2n) is 9.17. The molecule has 4 atom stereocenters. The summed E-state index contributed by atoms with van der Waals surface area (Å²) in [6.45, 7) is 3.77. The van der Waals surface area contributed by atoms with Gasteiger partial charge in [-0.05, 0) is 37.7 Å². The third-order valence-electron chi connectivity index (χ3n) is 6.38. The average Bonchev–Trinajstić information content (AvgIpc) is 2.80. The second kappa shape index (κ2) is 14.0. The molecule has 0 spiro atoms. The second-order valence-corrected chi connectivity index (χ2v) is 9.17. The summed E-state index contributed by atoms with van der Waals surface area (Å²) in [4.78, 5) is 40.3. The normalized spacial score (nSPS) is 26.5. The van der Waals surface area contributed by atoms with Gasteiger partial charge in [0.05, 0.1) is 12.6 Å². The van der Waals surface area contributed by atoms with Crippen LogP contribution in [-0.4, -0.2) is 59.6 Å². The Balaban J connectivity index is 2.25. The SMILES string of the molecule is CCC[C@@H]1CCCC(=O)N[C@@H](CO)CCC[C@H](C)C(=O)N(C)[C@@H](Cc2ccccc2)C(=O)O1. The minimum Gasteiger partial charge on any atom is -0.461 e. The molecular formula is C26H40N2O5. The van der Waals surface area contributed by atoms with Crippen molar-refractivity contribution in [1.29, 1.82) is 0 Å². The number of hydrogen-bond donors (Lipinski definition) is 2. The number of hydrogen-bond acceptors (Lipinski definition) is 5. The van der Waals surface area contributed by atoms with Gasteiger partial charge in [0.25, 0.3) is 0 Å². The molecule has 2 N–H and O–H groups in total. The minimum atomic E-state index is -0.705. The number of likely N-dealkylation sites (N-methyl/N-ethyl adjacent to an activating group) is 1. The van der Waals surface area contributed by atoms with E-state index in [1.807, 2.05) is 44.2 Å². The molecule has 184 valence electrons. The molecule has 0 saturated carbocycles. The molecule has 1 saturated heterocycles. The Morgan fingerprint density at radius 3 is 2.48 bits per heavy atom. The first kappa shape index (κ1) is 26.8. The van der Waals surface area contributed by atoms with Crippen LogP contribution in [0.1, 0.15) is 70.8 Å². The fourth-order valence-electron chi connectivity index (χ4n) is 4.34. The van der Waals surface area contributed by atoms with Crippen molar-refractivity contribution < 1.29 is 24.2 Å². The van der Waals surface area contributed by atoms with Crippen molar-refractivity contribution in [2.45, 2.75) is 89.8 Å². The van der Waals surface area contributed by atoms with Crippen LogP contribution in [-0.2, 0) is 25.5 Å². The van der Waals surface area contributed by atoms with Crippen LogP contribution in [0.4, 0.5) is 0 Å². The summed E-state index contributed by atoms with van der Waals surface area (Å²) in [6.07, 6.45) is 5.08. The fourth-order valence-corrected chi connectivity index (χ4v) is 4.34. The predicted octanol–water partition coefficient (Wildman–Crippen LogP) is 3.24. The number of nitrogens with one attached hydrogen (secondary N) is 1. The van der Waals surface area contributed by atoms with Crippen molar-refractivity contribution in [3.63, 3.8) is 0 Å². The van der Waals surface area contributed by atoms with Gasteiger partial charge >= 0.3 is 5.97 Å². The molecule has 1 aromatic rings. The van der Waals surface area contributed by atoms with E-state index in [4.69, 9.17) is 4.74 Å². The highest BCUT2D eigenvalue weighted by Crippen LogP contribution is 2.20. The highest BCUT2D eigenvalue weighted by Gasteiger charge is 2.32. The molecule has 1 fully saturated rings. The summed E-state index contributed by atoms with van der Waals surface area (Å²) >= 11 is 0. The Bertz CT molecular complexity index is 754. The van der Waals surface area contributed by atoms with Gasteiger partial charge in [-0.25, -0.2) is 4.79 Å². The predicted molar refractivity (Wildman–Crippen MR) is 127 cm³/mol. The van der Waals surface area contributed by atoms with Crippen LogP contribution in [0.25, 0.3) is 0 Å². The number of ether oxygens (including phenoxy) is 1. The number of amides is 2. The summed E-state index contributed by atoms with van der Waals surface area (Å²) in [7, 11) is 1.68. The van der Waals surface area contributed by atoms with E-state index in [0.29, 0.717) is 51.4 Å². The largest absolute Gasteiger partial charge is 0.461 e. The van der Waals surface area contributed by atoms with E-state index >= 15 is 0 Å². The molecule has 1 aliphatic heterocycles. The molecule has 1 heterocycles. The van der Waals surface area contributed by atoms with Gasteiger partial charge in [-0.2, -0.15) is 0 Å². The summed E-state index contributed by atoms with van der Waals surface area (Å²) in [5, 5.41) is 12.5. The van der Waals surface area contributed by atoms with E-state index < -0.39 is 12.0 Å². The third kappa shape index (κ3) is 8.80. The first-order valence-corrected chi connectivity index (χ1v) is 12.3. The third-order valence-corrected chi connectivity index (χ3v) is 6.38. The van der Waals surface area contributed by atoms with E-state index in [-0.39, 0.29) is 36.5 Å². The Hall–Kier alpha value is -2.41. The van der Waals surface area contributed by atoms with Gasteiger partial charge in [0.15, 0.2) is 0 Å². The zero-order chi connectivity index (χ0) is 24.2. The van der Waals surface area contributed by atoms with Crippen LogP contribution in [0.3, 0.4) is 0 Å². The van der Waals surface area contributed by atoms with Crippen molar-refractivity contribution in [2.24, 2.45) is 5.92 Å². The number of nitrogens with zero attached hydrogens (tertiary/aromatic N) is 1. The summed E-state index contributed by atoms with van der Waals surface area (Å²) in [5.74, 6) is -0.877. The maximum absolute atomic E-state index is 13.3. The van der Waals surface area contributed by atoms with Gasteiger partial charge < -0.3 is 20.1 Å². The number of carbonyl (C=O) groups excluding carboxylic acids is 3. The van der Waals surface area contributed by atoms with Gasteiger partial charge in [0.2, 0.25) is 11.8 Å². The Kier molecular flexibility index (Phi) is 11.4. The molecule has 33 heavy (non-hydrogen) atoms. The summed E-state index contributed by atoms with van der Waals surface area (Å²) < 4.78 is 5.90. The molecule has 1 aromatic carbocycles. The molecule has 7 heteroatoms. The highest BCUT2D eigenvalue weighted by molar-refractivity contribution is 5.85. The zero-order valence-electron chi connectivity index (χ0n) is 20.3. The summed E-state index contributed by atoms with van der Waals surface area (Å²) in [5.41, 5.74) is 0.968. The molecule has 0 aromatic heterocycles. The number of carbonyl (C=O) groups is 3. The molecule has 1 aliphatic rings. The standard InChI is InChI=1S/C26H40N2O5/c1-4-10-22-15-9-16-24(30)27-21(18-29)14-8-11-19(2)25(31)28(3)23(26(32)33-22)17-20-12-6-5-7-13-20/h5-7,12-13,19,21-23,29H,4,8-11,14-18H2,1-3H3,(H,27,30)/t19-,21+,22+,23-/m0/s1. The summed E-state index contributed by atoms with van der Waals surface area (Å²) in [6, 6.07) is 8.65. The molecule has 0 aliphatic carbocycles. The van der Waals surface area contributed by atoms with Crippen LogP contribution in [0.5, 0.6) is 0 Å². The topological polar surface area (TPSA) is 95.9 Å². The van der Waals surface area contributed by atoms with Gasteiger partial charge in [0.1, 0.15) is 12.1 Å². The lowest BCUT2D eigenvalue weighted by atomic mass is 9.98. The first-order valence-electron chi connectivity index (χ1n) is 12.3. The number of esters is 1. The maximum Gasteiger partial charge on any atom is 0.329 e. The smallest absolute Gasteiger partial charge is 0.329 e. The Morgan fingerprint density at radius 2 is 1.82 bits per heavy atom. The molecule has 2 amide bonds. The van der Waals surface area contributed by atoms with Gasteiger partial charge in [-0.15, -0.1) is 0 Å². The van der Waals surface area contributed by atoms with Crippen LogP contribution < -0.4 is 5.32 Å². The van der Waals surface area contributed by atoms with Gasteiger partial charge in [-0.3, -0.25) is 9.59 Å².